The molecule has 64 valence electrons. The van der Waals surface area contributed by atoms with Gasteiger partial charge in [-0.3, -0.25) is 0 Å². The highest BCUT2D eigenvalue weighted by atomic mass is 127. The molecule has 1 aromatic rings. The number of phenols is 1. The fourth-order valence-electron chi connectivity index (χ4n) is 0.729. The zero-order valence-electron chi connectivity index (χ0n) is 5.71. The fourth-order valence-corrected chi connectivity index (χ4v) is 2.24. The van der Waals surface area contributed by atoms with Crippen molar-refractivity contribution >= 4 is 44.5 Å². The number of carboxylic acids is 1. The van der Waals surface area contributed by atoms with E-state index in [-0.39, 0.29) is 11.3 Å². The van der Waals surface area contributed by atoms with E-state index in [1.54, 1.807) is 6.07 Å². The minimum absolute atomic E-state index is 0.0891. The first-order valence-electron chi connectivity index (χ1n) is 2.93. The lowest BCUT2D eigenvalue weighted by Gasteiger charge is -2.02. The van der Waals surface area contributed by atoms with E-state index >= 15 is 0 Å². The maximum absolute atomic E-state index is 10.5. The van der Waals surface area contributed by atoms with Crippen LogP contribution < -0.4 is 0 Å². The molecule has 0 heterocycles. The Morgan fingerprint density at radius 3 is 2.58 bits per heavy atom. The van der Waals surface area contributed by atoms with Crippen LogP contribution in [0.2, 0.25) is 0 Å². The van der Waals surface area contributed by atoms with Gasteiger partial charge >= 0.3 is 5.97 Å². The van der Waals surface area contributed by atoms with E-state index < -0.39 is 5.97 Å². The summed E-state index contributed by atoms with van der Waals surface area (Å²) < 4.78 is 1.15. The molecule has 0 saturated heterocycles. The Kier molecular flexibility index (Phi) is 2.94. The van der Waals surface area contributed by atoms with E-state index in [1.165, 1.54) is 6.07 Å². The molecule has 0 aliphatic carbocycles. The number of halogens is 2. The summed E-state index contributed by atoms with van der Waals surface area (Å²) in [6, 6.07) is 3.00. The van der Waals surface area contributed by atoms with E-state index in [4.69, 9.17) is 5.11 Å². The maximum atomic E-state index is 10.5. The van der Waals surface area contributed by atoms with Crippen molar-refractivity contribution in [2.75, 3.05) is 0 Å². The molecule has 1 aromatic carbocycles. The summed E-state index contributed by atoms with van der Waals surface area (Å²) in [4.78, 5) is 10.5. The molecular weight excluding hydrogens is 339 g/mol. The second-order valence-corrected chi connectivity index (χ2v) is 4.17. The zero-order chi connectivity index (χ0) is 9.30. The first-order valence-corrected chi connectivity index (χ1v) is 4.81. The summed E-state index contributed by atoms with van der Waals surface area (Å²) in [5.41, 5.74) is -0.0891. The third-order valence-corrected chi connectivity index (χ3v) is 2.54. The molecule has 0 atom stereocenters. The number of aromatic hydroxyl groups is 1. The number of hydrogen-bond acceptors (Lipinski definition) is 2. The van der Waals surface area contributed by atoms with Gasteiger partial charge < -0.3 is 10.2 Å². The van der Waals surface area contributed by atoms with Crippen LogP contribution in [-0.4, -0.2) is 16.2 Å². The van der Waals surface area contributed by atoms with Gasteiger partial charge in [-0.1, -0.05) is 15.9 Å². The molecule has 0 aliphatic heterocycles. The Hall–Kier alpha value is -0.300. The normalized spacial score (nSPS) is 9.83. The van der Waals surface area contributed by atoms with E-state index in [1.807, 2.05) is 22.6 Å². The largest absolute Gasteiger partial charge is 0.506 e. The standard InChI is InChI=1S/C7H4BrIO3/c8-3-1-4(7(11)12)6(10)5(9)2-3/h1-2,10H,(H,11,12). The molecule has 0 amide bonds. The molecule has 0 aliphatic rings. The van der Waals surface area contributed by atoms with Gasteiger partial charge in [0.25, 0.3) is 0 Å². The first-order chi connectivity index (χ1) is 5.52. The average molecular weight is 343 g/mol. The highest BCUT2D eigenvalue weighted by Gasteiger charge is 2.12. The van der Waals surface area contributed by atoms with Crippen molar-refractivity contribution in [3.05, 3.63) is 25.7 Å². The summed E-state index contributed by atoms with van der Waals surface area (Å²) in [6.45, 7) is 0. The summed E-state index contributed by atoms with van der Waals surface area (Å²) in [7, 11) is 0. The molecule has 0 saturated carbocycles. The van der Waals surface area contributed by atoms with Crippen molar-refractivity contribution < 1.29 is 15.0 Å². The van der Waals surface area contributed by atoms with Crippen LogP contribution in [0.25, 0.3) is 0 Å². The SMILES string of the molecule is O=C(O)c1cc(Br)cc(I)c1O. The Labute approximate surface area is 90.7 Å². The fraction of sp³-hybridized carbons (Fsp3) is 0. The predicted octanol–water partition coefficient (Wildman–Crippen LogP) is 2.46. The quantitative estimate of drug-likeness (QED) is 0.771. The molecule has 0 spiro atoms. The number of carboxylic acid groups (broad SMARTS) is 1. The Morgan fingerprint density at radius 1 is 1.50 bits per heavy atom. The van der Waals surface area contributed by atoms with Crippen molar-refractivity contribution in [3.8, 4) is 5.75 Å². The molecule has 12 heavy (non-hydrogen) atoms. The van der Waals surface area contributed by atoms with Crippen LogP contribution in [0.15, 0.2) is 16.6 Å². The van der Waals surface area contributed by atoms with E-state index in [0.29, 0.717) is 8.04 Å². The second kappa shape index (κ2) is 3.61. The van der Waals surface area contributed by atoms with Gasteiger partial charge in [-0.2, -0.15) is 0 Å². The van der Waals surface area contributed by atoms with Crippen LogP contribution in [0.5, 0.6) is 5.75 Å². The van der Waals surface area contributed by atoms with Gasteiger partial charge in [0.05, 0.1) is 3.57 Å². The molecular formula is C7H4BrIO3. The number of carbonyl (C=O) groups is 1. The average Bonchev–Trinajstić information content (AvgIpc) is 1.96. The zero-order valence-corrected chi connectivity index (χ0v) is 9.46. The molecule has 3 nitrogen and oxygen atoms in total. The number of hydrogen-bond donors (Lipinski definition) is 2. The molecule has 0 bridgehead atoms. The third kappa shape index (κ3) is 1.89. The summed E-state index contributed by atoms with van der Waals surface area (Å²) in [5, 5.41) is 17.9. The van der Waals surface area contributed by atoms with Crippen LogP contribution in [0.3, 0.4) is 0 Å². The Balaban J connectivity index is 3.37. The number of aromatic carboxylic acids is 1. The van der Waals surface area contributed by atoms with Gasteiger partial charge in [0.2, 0.25) is 0 Å². The minimum atomic E-state index is -1.13. The lowest BCUT2D eigenvalue weighted by molar-refractivity contribution is 0.0693. The molecule has 0 radical (unpaired) electrons. The van der Waals surface area contributed by atoms with Crippen LogP contribution in [0.1, 0.15) is 10.4 Å². The number of rotatable bonds is 1. The van der Waals surface area contributed by atoms with Gasteiger partial charge in [-0.05, 0) is 34.7 Å². The molecule has 0 unspecified atom stereocenters. The Bertz CT molecular complexity index is 338. The van der Waals surface area contributed by atoms with E-state index in [2.05, 4.69) is 15.9 Å². The van der Waals surface area contributed by atoms with Crippen molar-refractivity contribution in [2.24, 2.45) is 0 Å². The van der Waals surface area contributed by atoms with Gasteiger partial charge in [0.1, 0.15) is 11.3 Å². The van der Waals surface area contributed by atoms with Gasteiger partial charge in [0.15, 0.2) is 0 Å². The molecule has 5 heteroatoms. The lowest BCUT2D eigenvalue weighted by Crippen LogP contribution is -1.97. The van der Waals surface area contributed by atoms with Crippen LogP contribution in [-0.2, 0) is 0 Å². The summed E-state index contributed by atoms with van der Waals surface area (Å²) in [6.07, 6.45) is 0. The minimum Gasteiger partial charge on any atom is -0.506 e. The maximum Gasteiger partial charge on any atom is 0.339 e. The first kappa shape index (κ1) is 9.79. The predicted molar refractivity (Wildman–Crippen MR) is 55.5 cm³/mol. The number of benzene rings is 1. The van der Waals surface area contributed by atoms with Gasteiger partial charge in [0, 0.05) is 4.47 Å². The van der Waals surface area contributed by atoms with Crippen LogP contribution >= 0.6 is 38.5 Å². The Morgan fingerprint density at radius 2 is 2.08 bits per heavy atom. The molecule has 1 rings (SSSR count). The highest BCUT2D eigenvalue weighted by molar-refractivity contribution is 14.1. The lowest BCUT2D eigenvalue weighted by atomic mass is 10.2. The van der Waals surface area contributed by atoms with E-state index in [0.717, 1.165) is 0 Å². The highest BCUT2D eigenvalue weighted by Crippen LogP contribution is 2.28. The van der Waals surface area contributed by atoms with Crippen molar-refractivity contribution in [2.45, 2.75) is 0 Å². The molecule has 2 N–H and O–H groups in total. The summed E-state index contributed by atoms with van der Waals surface area (Å²) >= 11 is 5.00. The molecule has 0 aromatic heterocycles. The van der Waals surface area contributed by atoms with Crippen molar-refractivity contribution in [1.29, 1.82) is 0 Å². The monoisotopic (exact) mass is 342 g/mol. The van der Waals surface area contributed by atoms with Crippen LogP contribution in [0.4, 0.5) is 0 Å². The van der Waals surface area contributed by atoms with Crippen molar-refractivity contribution in [1.82, 2.24) is 0 Å². The van der Waals surface area contributed by atoms with Crippen LogP contribution in [0, 0.1) is 3.57 Å². The molecule has 0 fully saturated rings. The smallest absolute Gasteiger partial charge is 0.339 e. The summed E-state index contributed by atoms with van der Waals surface area (Å²) in [5.74, 6) is -1.32. The van der Waals surface area contributed by atoms with Gasteiger partial charge in [-0.15, -0.1) is 0 Å². The topological polar surface area (TPSA) is 57.5 Å². The third-order valence-electron chi connectivity index (χ3n) is 1.26. The second-order valence-electron chi connectivity index (χ2n) is 2.09. The van der Waals surface area contributed by atoms with Gasteiger partial charge in [-0.25, -0.2) is 4.79 Å². The van der Waals surface area contributed by atoms with E-state index in [9.17, 15) is 9.90 Å². The van der Waals surface area contributed by atoms with Crippen molar-refractivity contribution in [3.63, 3.8) is 0 Å².